The molecule has 240 valence electrons. The quantitative estimate of drug-likeness (QED) is 0.211. The largest absolute Gasteiger partial charge is 0.418 e. The van der Waals surface area contributed by atoms with E-state index in [0.717, 1.165) is 4.90 Å². The van der Waals surface area contributed by atoms with E-state index in [1.54, 1.807) is 0 Å². The summed E-state index contributed by atoms with van der Waals surface area (Å²) in [6.07, 6.45) is -13.0. The highest BCUT2D eigenvalue weighted by Gasteiger charge is 2.49. The number of hydrogen-bond donors (Lipinski definition) is 3. The van der Waals surface area contributed by atoms with Gasteiger partial charge < -0.3 is 30.0 Å². The summed E-state index contributed by atoms with van der Waals surface area (Å²) in [6.45, 7) is 4.52. The van der Waals surface area contributed by atoms with E-state index < -0.39 is 67.0 Å². The highest BCUT2D eigenvalue weighted by Crippen LogP contribution is 2.34. The van der Waals surface area contributed by atoms with Crippen molar-refractivity contribution in [2.24, 2.45) is 0 Å². The maximum Gasteiger partial charge on any atom is 0.418 e. The number of nitrogens with zero attached hydrogens (tertiary/aromatic N) is 4. The Labute approximate surface area is 243 Å². The number of nitrogens with one attached hydrogen (secondary N) is 3. The molecule has 0 saturated carbocycles. The van der Waals surface area contributed by atoms with Crippen LogP contribution in [-0.2, 0) is 9.47 Å². The third-order valence-corrected chi connectivity index (χ3v) is 6.85. The number of halogens is 7. The van der Waals surface area contributed by atoms with Crippen molar-refractivity contribution in [3.8, 4) is 0 Å². The average Bonchev–Trinajstić information content (AvgIpc) is 3.67. The number of aromatic nitrogens is 4. The molecule has 3 heterocycles. The predicted molar refractivity (Wildman–Crippen MR) is 136 cm³/mol. The number of hydrogen-bond acceptors (Lipinski definition) is 8. The number of imidazole rings is 1. The van der Waals surface area contributed by atoms with Crippen molar-refractivity contribution in [1.29, 1.82) is 0 Å². The molecule has 44 heavy (non-hydrogen) atoms. The fraction of sp³-hybridized carbons (Fsp3) is 0.480. The number of rotatable bonds is 11. The van der Waals surface area contributed by atoms with Crippen molar-refractivity contribution >= 4 is 23.0 Å². The number of ether oxygens (including phenoxy) is 2. The normalized spacial score (nSPS) is 18.6. The van der Waals surface area contributed by atoms with Crippen LogP contribution in [0.1, 0.15) is 46.6 Å². The number of aromatic amines is 1. The van der Waals surface area contributed by atoms with Crippen LogP contribution in [0.4, 0.5) is 35.5 Å². The molecule has 1 aliphatic rings. The van der Waals surface area contributed by atoms with Crippen molar-refractivity contribution in [3.05, 3.63) is 53.4 Å². The maximum atomic E-state index is 16.0. The van der Waals surface area contributed by atoms with Crippen LogP contribution in [0.2, 0.25) is 0 Å². The van der Waals surface area contributed by atoms with Crippen molar-refractivity contribution in [1.82, 2.24) is 35.8 Å². The molecule has 19 heteroatoms. The zero-order valence-electron chi connectivity index (χ0n) is 23.2. The van der Waals surface area contributed by atoms with E-state index in [1.165, 1.54) is 33.1 Å². The van der Waals surface area contributed by atoms with E-state index in [-0.39, 0.29) is 40.4 Å². The van der Waals surface area contributed by atoms with Gasteiger partial charge in [0.25, 0.3) is 5.91 Å². The molecular formula is C25H26F7N7O5. The van der Waals surface area contributed by atoms with Crippen LogP contribution in [-0.4, -0.2) is 88.0 Å². The van der Waals surface area contributed by atoms with Gasteiger partial charge in [-0.1, -0.05) is 17.3 Å². The highest BCUT2D eigenvalue weighted by molar-refractivity contribution is 5.93. The van der Waals surface area contributed by atoms with Gasteiger partial charge >= 0.3 is 18.4 Å². The molecule has 3 N–H and O–H groups in total. The molecular weight excluding hydrogens is 611 g/mol. The Hall–Kier alpha value is -4.26. The van der Waals surface area contributed by atoms with E-state index in [0.29, 0.717) is 6.08 Å². The summed E-state index contributed by atoms with van der Waals surface area (Å²) in [5.41, 5.74) is -0.831. The van der Waals surface area contributed by atoms with Crippen molar-refractivity contribution < 1.29 is 54.4 Å². The molecule has 3 amide bonds. The summed E-state index contributed by atoms with van der Waals surface area (Å²) in [4.78, 5) is 33.0. The van der Waals surface area contributed by atoms with Crippen LogP contribution < -0.4 is 10.6 Å². The van der Waals surface area contributed by atoms with Crippen LogP contribution in [0.15, 0.2) is 29.4 Å². The number of alkyl halides is 6. The summed E-state index contributed by atoms with van der Waals surface area (Å²) in [6, 6.07) is -3.55. The summed E-state index contributed by atoms with van der Waals surface area (Å²) >= 11 is 0. The zero-order chi connectivity index (χ0) is 32.6. The van der Waals surface area contributed by atoms with Gasteiger partial charge in [0, 0.05) is 12.7 Å². The third kappa shape index (κ3) is 6.62. The Bertz CT molecular complexity index is 1520. The van der Waals surface area contributed by atoms with Crippen molar-refractivity contribution in [3.63, 3.8) is 0 Å². The van der Waals surface area contributed by atoms with E-state index in [9.17, 15) is 35.9 Å². The highest BCUT2D eigenvalue weighted by atomic mass is 19.4. The predicted octanol–water partition coefficient (Wildman–Crippen LogP) is 4.03. The van der Waals surface area contributed by atoms with Crippen LogP contribution >= 0.6 is 0 Å². The molecule has 1 unspecified atom stereocenters. The average molecular weight is 638 g/mol. The van der Waals surface area contributed by atoms with Gasteiger partial charge in [0.05, 0.1) is 30.8 Å². The monoisotopic (exact) mass is 637 g/mol. The van der Waals surface area contributed by atoms with E-state index in [4.69, 9.17) is 9.47 Å². The first-order valence-corrected chi connectivity index (χ1v) is 12.8. The number of carbonyl (C=O) groups excluding carboxylic acids is 2. The molecule has 3 aromatic rings. The number of fused-ring (bicyclic) bond motifs is 1. The first kappa shape index (κ1) is 32.6. The first-order valence-electron chi connectivity index (χ1n) is 12.8. The van der Waals surface area contributed by atoms with E-state index in [2.05, 4.69) is 36.8 Å². The molecule has 2 aromatic heterocycles. The lowest BCUT2D eigenvalue weighted by Crippen LogP contribution is -2.41. The Balaban J connectivity index is 1.73. The number of amides is 3. The van der Waals surface area contributed by atoms with Crippen LogP contribution in [0.25, 0.3) is 11.0 Å². The molecule has 5 atom stereocenters. The minimum Gasteiger partial charge on any atom is -0.382 e. The SMILES string of the molecule is C=C[C@@H](O[C@H](C)C(NC(=O)c1nonc1C)c1nc2c(F)c([C@@H](COC)N3C[C@@H](C(F)(F)F)NC3=O)ccc2[nH]1)C(F)(F)F. The number of methoxy groups -OCH3 is 1. The van der Waals surface area contributed by atoms with Gasteiger partial charge in [-0.15, -0.1) is 6.58 Å². The zero-order valence-corrected chi connectivity index (χ0v) is 23.2. The minimum atomic E-state index is -4.85. The lowest BCUT2D eigenvalue weighted by molar-refractivity contribution is -0.217. The summed E-state index contributed by atoms with van der Waals surface area (Å²) in [5, 5.41) is 11.2. The second kappa shape index (κ2) is 12.4. The van der Waals surface area contributed by atoms with Crippen LogP contribution in [0.5, 0.6) is 0 Å². The Kier molecular flexibility index (Phi) is 9.19. The van der Waals surface area contributed by atoms with Crippen molar-refractivity contribution in [2.45, 2.75) is 56.5 Å². The fourth-order valence-corrected chi connectivity index (χ4v) is 4.63. The van der Waals surface area contributed by atoms with Gasteiger partial charge in [-0.25, -0.2) is 18.8 Å². The summed E-state index contributed by atoms with van der Waals surface area (Å²) in [7, 11) is 1.21. The third-order valence-electron chi connectivity index (χ3n) is 6.85. The van der Waals surface area contributed by atoms with E-state index >= 15 is 4.39 Å². The lowest BCUT2D eigenvalue weighted by Gasteiger charge is -2.27. The number of H-pyrrole nitrogens is 1. The Morgan fingerprint density at radius 2 is 1.98 bits per heavy atom. The Morgan fingerprint density at radius 3 is 2.52 bits per heavy atom. The van der Waals surface area contributed by atoms with Crippen LogP contribution in [0, 0.1) is 12.7 Å². The molecule has 0 radical (unpaired) electrons. The van der Waals surface area contributed by atoms with Crippen LogP contribution in [0.3, 0.4) is 0 Å². The van der Waals surface area contributed by atoms with Gasteiger partial charge in [0.2, 0.25) is 0 Å². The molecule has 1 aliphatic heterocycles. The van der Waals surface area contributed by atoms with Gasteiger partial charge in [-0.2, -0.15) is 26.3 Å². The number of benzene rings is 1. The molecule has 12 nitrogen and oxygen atoms in total. The maximum absolute atomic E-state index is 16.0. The van der Waals surface area contributed by atoms with E-state index in [1.807, 2.05) is 5.32 Å². The van der Waals surface area contributed by atoms with Gasteiger partial charge in [0.1, 0.15) is 29.1 Å². The second-order valence-corrected chi connectivity index (χ2v) is 9.84. The van der Waals surface area contributed by atoms with Gasteiger partial charge in [-0.05, 0) is 25.1 Å². The molecule has 0 bridgehead atoms. The fourth-order valence-electron chi connectivity index (χ4n) is 4.63. The molecule has 1 fully saturated rings. The number of carbonyl (C=O) groups is 2. The second-order valence-electron chi connectivity index (χ2n) is 9.84. The topological polar surface area (TPSA) is 148 Å². The first-order chi connectivity index (χ1) is 20.6. The van der Waals surface area contributed by atoms with Gasteiger partial charge in [0.15, 0.2) is 17.6 Å². The molecule has 4 rings (SSSR count). The molecule has 0 spiro atoms. The number of aryl methyl sites for hydroxylation is 1. The molecule has 0 aliphatic carbocycles. The Morgan fingerprint density at radius 1 is 1.27 bits per heavy atom. The smallest absolute Gasteiger partial charge is 0.382 e. The standard InChI is InChI=1S/C25H26F7N7O5/c1-5-16(25(30,31)32)43-11(3)19(36-22(40)18-10(2)37-44-38-18)21-33-13-7-6-12(17(26)20(13)35-21)14(9-42-4)39-8-15(24(27,28)29)34-23(39)41/h5-7,11,14-16,19H,1,8-9H2,2-4H3,(H,33,35)(H,34,41)(H,36,40)/t11-,14-,15+,16-,19?/m1/s1. The lowest BCUT2D eigenvalue weighted by atomic mass is 10.0. The van der Waals surface area contributed by atoms with Crippen molar-refractivity contribution in [2.75, 3.05) is 20.3 Å². The van der Waals surface area contributed by atoms with Gasteiger partial charge in [-0.3, -0.25) is 4.79 Å². The number of urea groups is 1. The molecule has 1 saturated heterocycles. The summed E-state index contributed by atoms with van der Waals surface area (Å²) in [5.74, 6) is -2.22. The molecule has 1 aromatic carbocycles. The minimum absolute atomic E-state index is 0.0123. The summed E-state index contributed by atoms with van der Waals surface area (Å²) < 4.78 is 111.